The standard InChI is InChI=1S/C24H27N5O2S.C20H18N4O3S/c1-4-7-29(2)24(30)14-5-6-17-20(10-14)32-23-21(17)22(26-13-27-23)28-18-8-15-11-25-12-16(15)9-19(18)31-3;1-27-15-5-12-8-21-7-11(12)4-14(15)24-18-17-13-3-2-10(20(25)26)6-16(13)28-19(17)23-9-22-18/h8-9,11,13-14H,4-7,10,12H2,1-3H3,(H,26,27,28);4-5,7,9-10H,2-3,6,8H2,1H3,(H,25,26)(H,22,23,24). The number of fused-ring (bicyclic) bond motifs is 8. The van der Waals surface area contributed by atoms with Crippen LogP contribution in [0.1, 0.15) is 69.3 Å². The number of carbonyl (C=O) groups is 2. The van der Waals surface area contributed by atoms with E-state index in [1.807, 2.05) is 42.6 Å². The number of hydrogen-bond donors (Lipinski definition) is 3. The number of nitrogens with one attached hydrogen (secondary N) is 2. The molecule has 6 aromatic rings. The number of rotatable bonds is 10. The number of nitrogens with zero attached hydrogens (tertiary/aromatic N) is 7. The fraction of sp³-hybridized carbons (Fsp3) is 0.364. The van der Waals surface area contributed by atoms with Crippen LogP contribution < -0.4 is 20.1 Å². The van der Waals surface area contributed by atoms with Gasteiger partial charge in [0.2, 0.25) is 5.91 Å². The maximum atomic E-state index is 12.9. The fourth-order valence-corrected chi connectivity index (χ4v) is 11.2. The van der Waals surface area contributed by atoms with E-state index in [1.54, 1.807) is 49.5 Å². The average Bonchev–Trinajstić information content (AvgIpc) is 4.07. The quantitative estimate of drug-likeness (QED) is 0.122. The van der Waals surface area contributed by atoms with E-state index in [2.05, 4.69) is 53.5 Å². The van der Waals surface area contributed by atoms with E-state index in [0.29, 0.717) is 25.9 Å². The van der Waals surface area contributed by atoms with Gasteiger partial charge in [0, 0.05) is 41.7 Å². The van der Waals surface area contributed by atoms with E-state index in [0.717, 1.165) is 121 Å². The Labute approximate surface area is 354 Å². The molecule has 10 rings (SSSR count). The van der Waals surface area contributed by atoms with Gasteiger partial charge in [0.25, 0.3) is 0 Å². The van der Waals surface area contributed by atoms with E-state index in [-0.39, 0.29) is 17.7 Å². The van der Waals surface area contributed by atoms with Crippen LogP contribution in [0.25, 0.3) is 20.4 Å². The summed E-state index contributed by atoms with van der Waals surface area (Å²) in [5, 5.41) is 18.3. The molecule has 3 N–H and O–H groups in total. The van der Waals surface area contributed by atoms with Crippen molar-refractivity contribution in [3.8, 4) is 11.5 Å². The number of aryl methyl sites for hydroxylation is 2. The molecular weight excluding hydrogens is 799 g/mol. The first-order valence-electron chi connectivity index (χ1n) is 20.2. The highest BCUT2D eigenvalue weighted by Crippen LogP contribution is 2.44. The molecule has 0 radical (unpaired) electrons. The van der Waals surface area contributed by atoms with Crippen LogP contribution in [0.2, 0.25) is 0 Å². The summed E-state index contributed by atoms with van der Waals surface area (Å²) in [6.45, 7) is 4.27. The monoisotopic (exact) mass is 843 g/mol. The number of aliphatic carboxylic acids is 1. The Hall–Kier alpha value is -6.00. The molecule has 4 aromatic heterocycles. The molecule has 0 bridgehead atoms. The lowest BCUT2D eigenvalue weighted by Gasteiger charge is -2.26. The SMILES string of the molecule is CCCN(C)C(=O)C1CCc2c(sc3ncnc(Nc4cc5c(cc4OC)CN=C5)c23)C1.COc1cc2c(cc1Nc1ncnc3sc4c(c13)CCC(C(=O)O)C4)C=NC2. The van der Waals surface area contributed by atoms with Crippen molar-refractivity contribution in [2.45, 2.75) is 65.0 Å². The molecule has 4 aliphatic rings. The molecule has 0 spiro atoms. The van der Waals surface area contributed by atoms with Gasteiger partial charge in [-0.2, -0.15) is 0 Å². The molecule has 14 nitrogen and oxygen atoms in total. The third-order valence-electron chi connectivity index (χ3n) is 11.7. The number of amides is 1. The number of methoxy groups -OCH3 is 2. The van der Waals surface area contributed by atoms with Gasteiger partial charge < -0.3 is 30.1 Å². The van der Waals surface area contributed by atoms with E-state index >= 15 is 0 Å². The molecule has 2 unspecified atom stereocenters. The molecule has 16 heteroatoms. The Kier molecular flexibility index (Phi) is 10.9. The molecule has 2 aliphatic carbocycles. The number of benzene rings is 2. The first kappa shape index (κ1) is 39.5. The molecule has 1 amide bonds. The van der Waals surface area contributed by atoms with Gasteiger partial charge in [0.15, 0.2) is 0 Å². The van der Waals surface area contributed by atoms with Gasteiger partial charge in [-0.05, 0) is 103 Å². The van der Waals surface area contributed by atoms with Crippen LogP contribution >= 0.6 is 22.7 Å². The van der Waals surface area contributed by atoms with Gasteiger partial charge in [-0.15, -0.1) is 22.7 Å². The minimum Gasteiger partial charge on any atom is -0.495 e. The van der Waals surface area contributed by atoms with E-state index in [4.69, 9.17) is 9.47 Å². The number of carbonyl (C=O) groups excluding carboxylic acids is 1. The average molecular weight is 844 g/mol. The number of anilines is 4. The van der Waals surface area contributed by atoms with Crippen molar-refractivity contribution in [2.75, 3.05) is 38.4 Å². The van der Waals surface area contributed by atoms with Crippen molar-refractivity contribution in [3.63, 3.8) is 0 Å². The lowest BCUT2D eigenvalue weighted by Crippen LogP contribution is -2.35. The topological polar surface area (TPSA) is 176 Å². The molecule has 6 heterocycles. The Morgan fingerprint density at radius 2 is 1.27 bits per heavy atom. The molecule has 2 aromatic carbocycles. The molecule has 60 heavy (non-hydrogen) atoms. The van der Waals surface area contributed by atoms with Crippen LogP contribution in [0.15, 0.2) is 46.9 Å². The zero-order valence-corrected chi connectivity index (χ0v) is 35.5. The number of aliphatic imine (C=N–C) groups is 2. The highest BCUT2D eigenvalue weighted by Gasteiger charge is 2.32. The molecular formula is C44H45N9O5S2. The van der Waals surface area contributed by atoms with Crippen molar-refractivity contribution in [2.24, 2.45) is 21.8 Å². The lowest BCUT2D eigenvalue weighted by atomic mass is 9.87. The second kappa shape index (κ2) is 16.6. The van der Waals surface area contributed by atoms with E-state index in [1.165, 1.54) is 16.0 Å². The van der Waals surface area contributed by atoms with Gasteiger partial charge in [-0.25, -0.2) is 19.9 Å². The summed E-state index contributed by atoms with van der Waals surface area (Å²) in [6, 6.07) is 8.13. The Bertz CT molecular complexity index is 2730. The molecule has 2 atom stereocenters. The van der Waals surface area contributed by atoms with Crippen LogP contribution in [-0.4, -0.2) is 82.1 Å². The van der Waals surface area contributed by atoms with Crippen molar-refractivity contribution in [1.82, 2.24) is 24.8 Å². The van der Waals surface area contributed by atoms with E-state index < -0.39 is 5.97 Å². The number of ether oxygens (including phenoxy) is 2. The summed E-state index contributed by atoms with van der Waals surface area (Å²) in [5.41, 5.74) is 8.62. The summed E-state index contributed by atoms with van der Waals surface area (Å²) in [4.78, 5) is 57.0. The summed E-state index contributed by atoms with van der Waals surface area (Å²) in [6.07, 6.45) is 12.3. The number of carboxylic acid groups (broad SMARTS) is 1. The normalized spacial score (nSPS) is 17.0. The third-order valence-corrected chi connectivity index (χ3v) is 14.1. The zero-order chi connectivity index (χ0) is 41.5. The maximum absolute atomic E-state index is 12.9. The molecule has 308 valence electrons. The smallest absolute Gasteiger partial charge is 0.306 e. The van der Waals surface area contributed by atoms with Crippen LogP contribution in [0.5, 0.6) is 11.5 Å². The third kappa shape index (κ3) is 7.42. The summed E-state index contributed by atoms with van der Waals surface area (Å²) < 4.78 is 11.2. The van der Waals surface area contributed by atoms with Crippen LogP contribution in [0, 0.1) is 11.8 Å². The predicted octanol–water partition coefficient (Wildman–Crippen LogP) is 7.91. The summed E-state index contributed by atoms with van der Waals surface area (Å²) >= 11 is 3.26. The van der Waals surface area contributed by atoms with Crippen LogP contribution in [-0.2, 0) is 48.4 Å². The van der Waals surface area contributed by atoms with Crippen molar-refractivity contribution in [3.05, 3.63) is 80.1 Å². The Balaban J connectivity index is 0.000000155. The van der Waals surface area contributed by atoms with Gasteiger partial charge >= 0.3 is 5.97 Å². The molecule has 2 aliphatic heterocycles. The van der Waals surface area contributed by atoms with Gasteiger partial charge in [0.05, 0.1) is 55.4 Å². The number of thiophene rings is 2. The van der Waals surface area contributed by atoms with Gasteiger partial charge in [-0.1, -0.05) is 6.92 Å². The second-order valence-electron chi connectivity index (χ2n) is 15.5. The summed E-state index contributed by atoms with van der Waals surface area (Å²) in [7, 11) is 5.24. The first-order chi connectivity index (χ1) is 29.2. The lowest BCUT2D eigenvalue weighted by molar-refractivity contribution is -0.142. The second-order valence-corrected chi connectivity index (χ2v) is 17.6. The largest absolute Gasteiger partial charge is 0.495 e. The van der Waals surface area contributed by atoms with Crippen LogP contribution in [0.3, 0.4) is 0 Å². The number of hydrogen-bond acceptors (Lipinski definition) is 14. The van der Waals surface area contributed by atoms with Crippen LogP contribution in [0.4, 0.5) is 23.0 Å². The van der Waals surface area contributed by atoms with Crippen molar-refractivity contribution in [1.29, 1.82) is 0 Å². The zero-order valence-electron chi connectivity index (χ0n) is 33.9. The Morgan fingerprint density at radius 1 is 0.767 bits per heavy atom. The maximum Gasteiger partial charge on any atom is 0.306 e. The van der Waals surface area contributed by atoms with Gasteiger partial charge in [0.1, 0.15) is 45.5 Å². The molecule has 0 fully saturated rings. The number of aromatic nitrogens is 4. The summed E-state index contributed by atoms with van der Waals surface area (Å²) in [5.74, 6) is 2.29. The molecule has 0 saturated carbocycles. The van der Waals surface area contributed by atoms with Gasteiger partial charge in [-0.3, -0.25) is 19.6 Å². The first-order valence-corrected chi connectivity index (χ1v) is 21.8. The minimum absolute atomic E-state index is 0.0487. The van der Waals surface area contributed by atoms with E-state index in [9.17, 15) is 14.7 Å². The molecule has 0 saturated heterocycles. The highest BCUT2D eigenvalue weighted by atomic mass is 32.1. The van der Waals surface area contributed by atoms with Crippen molar-refractivity contribution < 1.29 is 24.2 Å². The Morgan fingerprint density at radius 3 is 1.75 bits per heavy atom. The fourth-order valence-electron chi connectivity index (χ4n) is 8.65. The predicted molar refractivity (Wildman–Crippen MR) is 237 cm³/mol. The highest BCUT2D eigenvalue weighted by molar-refractivity contribution is 7.19. The minimum atomic E-state index is -0.725. The number of carboxylic acids is 1. The van der Waals surface area contributed by atoms with Crippen molar-refractivity contribution >= 4 is 90.4 Å².